The predicted octanol–water partition coefficient (Wildman–Crippen LogP) is 4.90. The van der Waals surface area contributed by atoms with Gasteiger partial charge in [-0.3, -0.25) is 4.79 Å². The fourth-order valence-corrected chi connectivity index (χ4v) is 6.38. The predicted molar refractivity (Wildman–Crippen MR) is 120 cm³/mol. The van der Waals surface area contributed by atoms with Crippen molar-refractivity contribution in [3.05, 3.63) is 16.8 Å². The molecule has 5 nitrogen and oxygen atoms in total. The van der Waals surface area contributed by atoms with Gasteiger partial charge in [0.2, 0.25) is 5.91 Å². The Kier molecular flexibility index (Phi) is 9.56. The standard InChI is InChI=1S/C16H20I3NO4/c1-4-7-12(21)20(6-3)14-9(17)8-10(18)15(13(14)19)24-11(5-2)16(22)23/h8,11H,4-7H2,1-3H3,(H,22,23). The SMILES string of the molecule is CCCC(=O)N(CC)c1c(I)cc(I)c(OC(CC)C(=O)O)c1I. The number of ether oxygens (including phenoxy) is 1. The van der Waals surface area contributed by atoms with Gasteiger partial charge in [-0.25, -0.2) is 4.79 Å². The fourth-order valence-electron chi connectivity index (χ4n) is 2.18. The van der Waals surface area contributed by atoms with Crippen molar-refractivity contribution >= 4 is 85.3 Å². The van der Waals surface area contributed by atoms with Gasteiger partial charge < -0.3 is 14.7 Å². The van der Waals surface area contributed by atoms with Crippen LogP contribution in [-0.4, -0.2) is 29.6 Å². The number of rotatable bonds is 8. The molecule has 1 N–H and O–H groups in total. The smallest absolute Gasteiger partial charge is 0.344 e. The Balaban J connectivity index is 3.39. The number of carboxylic acids is 1. The summed E-state index contributed by atoms with van der Waals surface area (Å²) >= 11 is 6.49. The van der Waals surface area contributed by atoms with Crippen molar-refractivity contribution in [3.63, 3.8) is 0 Å². The van der Waals surface area contributed by atoms with Gasteiger partial charge in [0.1, 0.15) is 5.75 Å². The van der Waals surface area contributed by atoms with E-state index in [2.05, 4.69) is 67.8 Å². The minimum Gasteiger partial charge on any atom is -0.479 e. The van der Waals surface area contributed by atoms with Crippen molar-refractivity contribution in [2.75, 3.05) is 11.4 Å². The van der Waals surface area contributed by atoms with Gasteiger partial charge in [0.05, 0.1) is 12.8 Å². The van der Waals surface area contributed by atoms with Crippen LogP contribution in [0.15, 0.2) is 6.07 Å². The Bertz CT molecular complexity index is 622. The third kappa shape index (κ3) is 5.32. The first-order valence-electron chi connectivity index (χ1n) is 7.65. The number of benzene rings is 1. The molecular weight excluding hydrogens is 651 g/mol. The molecule has 1 atom stereocenters. The summed E-state index contributed by atoms with van der Waals surface area (Å²) in [7, 11) is 0. The molecule has 1 unspecified atom stereocenters. The zero-order valence-corrected chi connectivity index (χ0v) is 20.2. The van der Waals surface area contributed by atoms with Crippen molar-refractivity contribution in [3.8, 4) is 5.75 Å². The van der Waals surface area contributed by atoms with Crippen LogP contribution in [0.1, 0.15) is 40.0 Å². The van der Waals surface area contributed by atoms with E-state index in [1.807, 2.05) is 19.9 Å². The minimum atomic E-state index is -0.987. The summed E-state index contributed by atoms with van der Waals surface area (Å²) in [5, 5.41) is 9.26. The van der Waals surface area contributed by atoms with Gasteiger partial charge in [-0.05, 0) is 93.6 Å². The molecule has 0 radical (unpaired) electrons. The Morgan fingerprint density at radius 3 is 2.29 bits per heavy atom. The summed E-state index contributed by atoms with van der Waals surface area (Å²) in [5.74, 6) is -0.393. The van der Waals surface area contributed by atoms with Gasteiger partial charge >= 0.3 is 5.97 Å². The minimum absolute atomic E-state index is 0.0632. The average Bonchev–Trinajstić information content (AvgIpc) is 2.51. The molecule has 1 rings (SSSR count). The molecule has 0 saturated heterocycles. The Hall–Kier alpha value is 0.150. The monoisotopic (exact) mass is 671 g/mol. The van der Waals surface area contributed by atoms with Gasteiger partial charge in [-0.15, -0.1) is 0 Å². The van der Waals surface area contributed by atoms with Crippen LogP contribution in [0.3, 0.4) is 0 Å². The topological polar surface area (TPSA) is 66.8 Å². The number of halogens is 3. The van der Waals surface area contributed by atoms with Gasteiger partial charge in [0, 0.05) is 16.5 Å². The summed E-state index contributed by atoms with van der Waals surface area (Å²) in [6.07, 6.45) is 0.734. The van der Waals surface area contributed by atoms with Crippen molar-refractivity contribution in [1.29, 1.82) is 0 Å². The molecule has 0 spiro atoms. The second-order valence-corrected chi connectivity index (χ2v) is 8.48. The molecule has 0 aromatic heterocycles. The van der Waals surface area contributed by atoms with Gasteiger partial charge in [0.15, 0.2) is 6.10 Å². The number of carbonyl (C=O) groups excluding carboxylic acids is 1. The number of carbonyl (C=O) groups is 2. The first-order valence-corrected chi connectivity index (χ1v) is 10.9. The third-order valence-electron chi connectivity index (χ3n) is 3.36. The molecule has 0 aliphatic heterocycles. The highest BCUT2D eigenvalue weighted by Gasteiger charge is 2.26. The van der Waals surface area contributed by atoms with E-state index in [1.54, 1.807) is 11.8 Å². The van der Waals surface area contributed by atoms with Crippen LogP contribution in [0.4, 0.5) is 5.69 Å². The maximum atomic E-state index is 12.4. The maximum absolute atomic E-state index is 12.4. The molecule has 0 aliphatic carbocycles. The molecule has 0 saturated carbocycles. The summed E-state index contributed by atoms with van der Waals surface area (Å²) < 4.78 is 8.32. The lowest BCUT2D eigenvalue weighted by molar-refractivity contribution is -0.145. The second kappa shape index (κ2) is 10.3. The molecule has 1 aromatic rings. The van der Waals surface area contributed by atoms with E-state index in [1.165, 1.54) is 0 Å². The van der Waals surface area contributed by atoms with Crippen LogP contribution < -0.4 is 9.64 Å². The summed E-state index contributed by atoms with van der Waals surface area (Å²) in [6, 6.07) is 1.92. The molecule has 0 heterocycles. The van der Waals surface area contributed by atoms with Crippen LogP contribution in [0.25, 0.3) is 0 Å². The van der Waals surface area contributed by atoms with E-state index in [-0.39, 0.29) is 5.91 Å². The normalized spacial score (nSPS) is 11.9. The number of anilines is 1. The quantitative estimate of drug-likeness (QED) is 0.400. The van der Waals surface area contributed by atoms with E-state index in [0.29, 0.717) is 25.1 Å². The first kappa shape index (κ1) is 22.2. The van der Waals surface area contributed by atoms with Crippen LogP contribution in [0, 0.1) is 10.7 Å². The van der Waals surface area contributed by atoms with Crippen LogP contribution in [0.2, 0.25) is 0 Å². The zero-order valence-electron chi connectivity index (χ0n) is 13.7. The van der Waals surface area contributed by atoms with Crippen molar-refractivity contribution in [2.24, 2.45) is 0 Å². The largest absolute Gasteiger partial charge is 0.479 e. The number of nitrogens with zero attached hydrogens (tertiary/aromatic N) is 1. The van der Waals surface area contributed by atoms with E-state index in [9.17, 15) is 14.7 Å². The molecule has 0 aliphatic rings. The number of aliphatic carboxylic acids is 1. The Morgan fingerprint density at radius 2 is 1.83 bits per heavy atom. The average molecular weight is 671 g/mol. The summed E-state index contributed by atoms with van der Waals surface area (Å²) in [6.45, 7) is 6.24. The molecule has 134 valence electrons. The van der Waals surface area contributed by atoms with Crippen molar-refractivity contribution < 1.29 is 19.4 Å². The zero-order chi connectivity index (χ0) is 18.4. The second-order valence-electron chi connectivity index (χ2n) is 5.07. The maximum Gasteiger partial charge on any atom is 0.344 e. The summed E-state index contributed by atoms with van der Waals surface area (Å²) in [5.41, 5.74) is 0.799. The lowest BCUT2D eigenvalue weighted by Crippen LogP contribution is -2.32. The molecule has 0 bridgehead atoms. The number of hydrogen-bond donors (Lipinski definition) is 1. The first-order chi connectivity index (χ1) is 11.3. The van der Waals surface area contributed by atoms with Gasteiger partial charge in [-0.1, -0.05) is 13.8 Å². The third-order valence-corrected chi connectivity index (χ3v) is 5.99. The highest BCUT2D eigenvalue weighted by molar-refractivity contribution is 14.1. The van der Waals surface area contributed by atoms with Crippen LogP contribution >= 0.6 is 67.8 Å². The highest BCUT2D eigenvalue weighted by Crippen LogP contribution is 2.39. The fraction of sp³-hybridized carbons (Fsp3) is 0.500. The number of amides is 1. The Labute approximate surface area is 183 Å². The van der Waals surface area contributed by atoms with E-state index in [0.717, 1.165) is 22.8 Å². The van der Waals surface area contributed by atoms with Gasteiger partial charge in [0.25, 0.3) is 0 Å². The molecule has 8 heteroatoms. The van der Waals surface area contributed by atoms with Gasteiger partial charge in [-0.2, -0.15) is 0 Å². The molecule has 0 fully saturated rings. The number of hydrogen-bond acceptors (Lipinski definition) is 3. The lowest BCUT2D eigenvalue weighted by Gasteiger charge is -2.26. The summed E-state index contributed by atoms with van der Waals surface area (Å²) in [4.78, 5) is 25.5. The molecular formula is C16H20I3NO4. The van der Waals surface area contributed by atoms with Crippen molar-refractivity contribution in [2.45, 2.75) is 46.1 Å². The van der Waals surface area contributed by atoms with E-state index < -0.39 is 12.1 Å². The Morgan fingerprint density at radius 1 is 1.21 bits per heavy atom. The highest BCUT2D eigenvalue weighted by atomic mass is 127. The van der Waals surface area contributed by atoms with Crippen molar-refractivity contribution in [1.82, 2.24) is 0 Å². The van der Waals surface area contributed by atoms with Crippen LogP contribution in [-0.2, 0) is 9.59 Å². The van der Waals surface area contributed by atoms with Crippen LogP contribution in [0.5, 0.6) is 5.75 Å². The molecule has 1 aromatic carbocycles. The number of carboxylic acid groups (broad SMARTS) is 1. The molecule has 1 amide bonds. The lowest BCUT2D eigenvalue weighted by atomic mass is 10.2. The molecule has 24 heavy (non-hydrogen) atoms. The van der Waals surface area contributed by atoms with E-state index in [4.69, 9.17) is 4.74 Å². The van der Waals surface area contributed by atoms with E-state index >= 15 is 0 Å².